The molecule has 3 nitrogen and oxygen atoms in total. The molecule has 1 saturated heterocycles. The highest BCUT2D eigenvalue weighted by Gasteiger charge is 2.31. The van der Waals surface area contributed by atoms with Gasteiger partial charge in [0.25, 0.3) is 0 Å². The molecule has 3 heterocycles. The summed E-state index contributed by atoms with van der Waals surface area (Å²) in [7, 11) is 0. The summed E-state index contributed by atoms with van der Waals surface area (Å²) in [6, 6.07) is 0. The van der Waals surface area contributed by atoms with Crippen molar-refractivity contribution in [2.45, 2.75) is 30.3 Å². The minimum Gasteiger partial charge on any atom is -0.298 e. The summed E-state index contributed by atoms with van der Waals surface area (Å²) in [6.45, 7) is 2.18. The molecule has 1 aliphatic rings. The molecule has 0 aliphatic carbocycles. The highest BCUT2D eigenvalue weighted by molar-refractivity contribution is 8.07. The van der Waals surface area contributed by atoms with Crippen LogP contribution < -0.4 is 0 Å². The zero-order valence-electron chi connectivity index (χ0n) is 10.7. The summed E-state index contributed by atoms with van der Waals surface area (Å²) in [4.78, 5) is 17.9. The van der Waals surface area contributed by atoms with Gasteiger partial charge in [-0.3, -0.25) is 9.20 Å². The molecule has 1 fully saturated rings. The Kier molecular flexibility index (Phi) is 4.19. The first kappa shape index (κ1) is 13.5. The first-order valence-corrected chi connectivity index (χ1v) is 9.42. The van der Waals surface area contributed by atoms with Crippen molar-refractivity contribution in [1.29, 1.82) is 0 Å². The summed E-state index contributed by atoms with van der Waals surface area (Å²) < 4.78 is 1.99. The Bertz CT molecular complexity index is 549. The predicted octanol–water partition coefficient (Wildman–Crippen LogP) is 3.13. The van der Waals surface area contributed by atoms with Gasteiger partial charge in [-0.2, -0.15) is 11.8 Å². The quantitative estimate of drug-likeness (QED) is 0.868. The van der Waals surface area contributed by atoms with Gasteiger partial charge < -0.3 is 0 Å². The molecule has 0 amide bonds. The molecule has 1 aliphatic heterocycles. The first-order chi connectivity index (χ1) is 9.28. The molecule has 0 spiro atoms. The van der Waals surface area contributed by atoms with Gasteiger partial charge in [0.15, 0.2) is 10.7 Å². The third-order valence-electron chi connectivity index (χ3n) is 3.27. The van der Waals surface area contributed by atoms with Crippen molar-refractivity contribution >= 4 is 45.6 Å². The van der Waals surface area contributed by atoms with E-state index in [1.54, 1.807) is 11.3 Å². The molecule has 2 atom stereocenters. The van der Waals surface area contributed by atoms with E-state index in [2.05, 4.69) is 11.9 Å². The number of hydrogen-bond donors (Lipinski definition) is 0. The van der Waals surface area contributed by atoms with E-state index < -0.39 is 0 Å². The van der Waals surface area contributed by atoms with Gasteiger partial charge in [0.05, 0.1) is 17.4 Å². The Morgan fingerprint density at radius 3 is 3.11 bits per heavy atom. The Morgan fingerprint density at radius 1 is 1.47 bits per heavy atom. The lowest BCUT2D eigenvalue weighted by Crippen LogP contribution is -2.33. The van der Waals surface area contributed by atoms with Gasteiger partial charge in [-0.05, 0) is 6.42 Å². The van der Waals surface area contributed by atoms with E-state index in [0.29, 0.717) is 17.5 Å². The molecule has 0 radical (unpaired) electrons. The molecule has 0 saturated carbocycles. The average Bonchev–Trinajstić information content (AvgIpc) is 2.99. The van der Waals surface area contributed by atoms with Crippen LogP contribution in [0.2, 0.25) is 0 Å². The number of fused-ring (bicyclic) bond motifs is 1. The van der Waals surface area contributed by atoms with Gasteiger partial charge >= 0.3 is 0 Å². The highest BCUT2D eigenvalue weighted by atomic mass is 32.2. The molecule has 2 aromatic heterocycles. The number of ketones is 1. The Balaban J connectivity index is 1.71. The Hall–Kier alpha value is -0.460. The number of carbonyl (C=O) groups is 1. The normalized spacial score (nSPS) is 23.8. The number of rotatable bonds is 4. The van der Waals surface area contributed by atoms with Crippen LogP contribution in [0.5, 0.6) is 0 Å². The maximum absolute atomic E-state index is 12.5. The average molecular weight is 312 g/mol. The van der Waals surface area contributed by atoms with Gasteiger partial charge in [-0.1, -0.05) is 6.92 Å². The van der Waals surface area contributed by atoms with Crippen molar-refractivity contribution in [2.75, 3.05) is 11.5 Å². The van der Waals surface area contributed by atoms with Crippen molar-refractivity contribution < 1.29 is 4.79 Å². The van der Waals surface area contributed by atoms with Crippen LogP contribution in [0.4, 0.5) is 0 Å². The van der Waals surface area contributed by atoms with Gasteiger partial charge in [0.1, 0.15) is 0 Å². The molecular formula is C13H16N2OS3. The second kappa shape index (κ2) is 5.89. The lowest BCUT2D eigenvalue weighted by atomic mass is 10.1. The SMILES string of the molecule is CCC1SCCSC1C(=O)Cc1cn2ccsc2n1. The second-order valence-electron chi connectivity index (χ2n) is 4.58. The van der Waals surface area contributed by atoms with Crippen molar-refractivity contribution in [2.24, 2.45) is 0 Å². The van der Waals surface area contributed by atoms with Crippen molar-refractivity contribution in [1.82, 2.24) is 9.38 Å². The van der Waals surface area contributed by atoms with Crippen molar-refractivity contribution in [3.63, 3.8) is 0 Å². The smallest absolute Gasteiger partial charge is 0.193 e. The van der Waals surface area contributed by atoms with Crippen LogP contribution in [0, 0.1) is 0 Å². The summed E-state index contributed by atoms with van der Waals surface area (Å²) >= 11 is 5.39. The number of hydrogen-bond acceptors (Lipinski definition) is 5. The van der Waals surface area contributed by atoms with Crippen molar-refractivity contribution in [3.05, 3.63) is 23.5 Å². The fourth-order valence-electron chi connectivity index (χ4n) is 2.34. The fourth-order valence-corrected chi connectivity index (χ4v) is 6.10. The van der Waals surface area contributed by atoms with E-state index in [4.69, 9.17) is 0 Å². The summed E-state index contributed by atoms with van der Waals surface area (Å²) in [5.41, 5.74) is 0.905. The zero-order chi connectivity index (χ0) is 13.2. The third-order valence-corrected chi connectivity index (χ3v) is 7.33. The second-order valence-corrected chi connectivity index (χ2v) is 8.05. The predicted molar refractivity (Wildman–Crippen MR) is 84.6 cm³/mol. The van der Waals surface area contributed by atoms with Gasteiger partial charge in [-0.25, -0.2) is 4.98 Å². The minimum atomic E-state index is 0.156. The van der Waals surface area contributed by atoms with Crippen LogP contribution >= 0.6 is 34.9 Å². The number of carbonyl (C=O) groups excluding carboxylic acids is 1. The Morgan fingerprint density at radius 2 is 2.32 bits per heavy atom. The topological polar surface area (TPSA) is 34.4 Å². The van der Waals surface area contributed by atoms with Crippen LogP contribution in [0.1, 0.15) is 19.0 Å². The lowest BCUT2D eigenvalue weighted by Gasteiger charge is -2.28. The molecule has 2 aromatic rings. The molecule has 102 valence electrons. The standard InChI is InChI=1S/C13H16N2OS3/c1-2-11-12(18-6-5-17-11)10(16)7-9-8-15-3-4-19-13(15)14-9/h3-4,8,11-12H,2,5-7H2,1H3. The largest absolute Gasteiger partial charge is 0.298 e. The van der Waals surface area contributed by atoms with E-state index in [-0.39, 0.29) is 5.25 Å². The monoisotopic (exact) mass is 312 g/mol. The Labute approximate surface area is 125 Å². The molecule has 0 aromatic carbocycles. The molecule has 6 heteroatoms. The summed E-state index contributed by atoms with van der Waals surface area (Å²) in [5, 5.41) is 2.65. The van der Waals surface area contributed by atoms with Crippen LogP contribution in [0.25, 0.3) is 4.96 Å². The number of imidazole rings is 1. The lowest BCUT2D eigenvalue weighted by molar-refractivity contribution is -0.118. The van der Waals surface area contributed by atoms with E-state index in [1.165, 1.54) is 5.75 Å². The number of aromatic nitrogens is 2. The number of Topliss-reactive ketones (excluding diaryl/α,β-unsaturated/α-hetero) is 1. The van der Waals surface area contributed by atoms with E-state index in [9.17, 15) is 4.79 Å². The molecule has 19 heavy (non-hydrogen) atoms. The van der Waals surface area contributed by atoms with Crippen LogP contribution in [-0.4, -0.2) is 37.2 Å². The zero-order valence-corrected chi connectivity index (χ0v) is 13.2. The summed E-state index contributed by atoms with van der Waals surface area (Å²) in [5.74, 6) is 2.61. The fraction of sp³-hybridized carbons (Fsp3) is 0.538. The van der Waals surface area contributed by atoms with Crippen LogP contribution in [0.3, 0.4) is 0 Å². The number of thiazole rings is 1. The number of nitrogens with zero attached hydrogens (tertiary/aromatic N) is 2. The van der Waals surface area contributed by atoms with Gasteiger partial charge in [0, 0.05) is 34.5 Å². The molecule has 2 unspecified atom stereocenters. The van der Waals surface area contributed by atoms with E-state index in [0.717, 1.165) is 22.8 Å². The summed E-state index contributed by atoms with van der Waals surface area (Å²) in [6.07, 6.45) is 5.52. The van der Waals surface area contributed by atoms with Gasteiger partial charge in [-0.15, -0.1) is 23.1 Å². The number of thioether (sulfide) groups is 2. The third kappa shape index (κ3) is 2.85. The van der Waals surface area contributed by atoms with E-state index in [1.807, 2.05) is 45.7 Å². The maximum Gasteiger partial charge on any atom is 0.193 e. The first-order valence-electron chi connectivity index (χ1n) is 6.45. The van der Waals surface area contributed by atoms with Gasteiger partial charge in [0.2, 0.25) is 0 Å². The molecule has 0 bridgehead atoms. The van der Waals surface area contributed by atoms with Crippen LogP contribution in [-0.2, 0) is 11.2 Å². The highest BCUT2D eigenvalue weighted by Crippen LogP contribution is 2.34. The van der Waals surface area contributed by atoms with Crippen LogP contribution in [0.15, 0.2) is 17.8 Å². The molecule has 0 N–H and O–H groups in total. The maximum atomic E-state index is 12.5. The van der Waals surface area contributed by atoms with E-state index >= 15 is 0 Å². The molecule has 3 rings (SSSR count). The molecular weight excluding hydrogens is 296 g/mol. The minimum absolute atomic E-state index is 0.156. The van der Waals surface area contributed by atoms with Crippen molar-refractivity contribution in [3.8, 4) is 0 Å².